The lowest BCUT2D eigenvalue weighted by atomic mass is 9.43. The zero-order chi connectivity index (χ0) is 25.0. The van der Waals surface area contributed by atoms with Crippen LogP contribution in [0, 0.1) is 28.6 Å². The summed E-state index contributed by atoms with van der Waals surface area (Å²) in [6.45, 7) is 9.31. The van der Waals surface area contributed by atoms with Crippen LogP contribution in [0.3, 0.4) is 0 Å². The fourth-order valence-electron chi connectivity index (χ4n) is 9.90. The molecule has 0 radical (unpaired) electrons. The second-order valence-electron chi connectivity index (χ2n) is 13.4. The molecule has 0 aromatic carbocycles. The van der Waals surface area contributed by atoms with Crippen LogP contribution in [0.2, 0.25) is 0 Å². The van der Waals surface area contributed by atoms with Gasteiger partial charge in [-0.25, -0.2) is 0 Å². The number of likely N-dealkylation sites (tertiary alicyclic amines) is 1. The number of fused-ring (bicyclic) bond motifs is 5. The summed E-state index contributed by atoms with van der Waals surface area (Å²) in [6, 6.07) is 1.89. The first-order valence-corrected chi connectivity index (χ1v) is 14.9. The highest BCUT2D eigenvalue weighted by molar-refractivity contribution is 5.30. The van der Waals surface area contributed by atoms with Gasteiger partial charge in [-0.3, -0.25) is 0 Å². The molecule has 1 aromatic rings. The SMILES string of the molecule is C[C@]12CCC3C(CC[C@@H]4C[C@@H](OCCCN5CCCC5)CC[C@]34C)[C@@]1(O)CC[C@]2(O)c1ccnnc1. The van der Waals surface area contributed by atoms with E-state index >= 15 is 0 Å². The maximum absolute atomic E-state index is 12.4. The van der Waals surface area contributed by atoms with Crippen molar-refractivity contribution >= 4 is 0 Å². The second kappa shape index (κ2) is 9.29. The van der Waals surface area contributed by atoms with Crippen molar-refractivity contribution < 1.29 is 14.9 Å². The Kier molecular flexibility index (Phi) is 6.50. The standard InChI is InChI=1S/C30H47N3O3/c1-27-11-8-24(36-19-5-18-33-16-3-4-17-33)20-22(27)6-7-26-25(27)9-12-28(2)29(34,13-14-30(26,28)35)23-10-15-31-32-21-23/h10,15,21-22,24-26,34-35H,3-9,11-14,16-20H2,1-2H3/t22-,24+,25?,26?,27+,28-,29+,30+/m1/s1. The minimum Gasteiger partial charge on any atom is -0.389 e. The number of ether oxygens (including phenoxy) is 1. The predicted octanol–water partition coefficient (Wildman–Crippen LogP) is 4.69. The Morgan fingerprint density at radius 3 is 2.58 bits per heavy atom. The van der Waals surface area contributed by atoms with Gasteiger partial charge in [0.15, 0.2) is 0 Å². The van der Waals surface area contributed by atoms with Crippen LogP contribution in [-0.2, 0) is 10.3 Å². The summed E-state index contributed by atoms with van der Waals surface area (Å²) in [5, 5.41) is 32.4. The summed E-state index contributed by atoms with van der Waals surface area (Å²) in [4.78, 5) is 2.58. The molecule has 8 atom stereocenters. The summed E-state index contributed by atoms with van der Waals surface area (Å²) in [5.74, 6) is 1.48. The zero-order valence-electron chi connectivity index (χ0n) is 22.5. The van der Waals surface area contributed by atoms with Crippen molar-refractivity contribution in [1.29, 1.82) is 0 Å². The van der Waals surface area contributed by atoms with Gasteiger partial charge in [0.2, 0.25) is 0 Å². The third-order valence-corrected chi connectivity index (χ3v) is 12.2. The summed E-state index contributed by atoms with van der Waals surface area (Å²) in [5.41, 5.74) is -1.33. The van der Waals surface area contributed by atoms with E-state index < -0.39 is 16.6 Å². The van der Waals surface area contributed by atoms with Crippen LogP contribution in [0.4, 0.5) is 0 Å². The largest absolute Gasteiger partial charge is 0.389 e. The van der Waals surface area contributed by atoms with Gasteiger partial charge in [0.05, 0.1) is 23.5 Å². The lowest BCUT2D eigenvalue weighted by molar-refractivity contribution is -0.239. The highest BCUT2D eigenvalue weighted by Gasteiger charge is 2.72. The topological polar surface area (TPSA) is 78.7 Å². The van der Waals surface area contributed by atoms with Crippen LogP contribution in [0.5, 0.6) is 0 Å². The van der Waals surface area contributed by atoms with E-state index in [1.54, 1.807) is 12.4 Å². The lowest BCUT2D eigenvalue weighted by Crippen LogP contribution is -2.64. The highest BCUT2D eigenvalue weighted by Crippen LogP contribution is 2.71. The third-order valence-electron chi connectivity index (χ3n) is 12.2. The van der Waals surface area contributed by atoms with Crippen LogP contribution in [0.25, 0.3) is 0 Å². The molecule has 2 heterocycles. The Morgan fingerprint density at radius 1 is 0.972 bits per heavy atom. The van der Waals surface area contributed by atoms with Gasteiger partial charge in [-0.2, -0.15) is 10.2 Å². The van der Waals surface area contributed by atoms with Gasteiger partial charge in [0, 0.05) is 30.3 Å². The molecule has 6 heteroatoms. The van der Waals surface area contributed by atoms with Crippen molar-refractivity contribution in [3.05, 3.63) is 24.0 Å². The first-order valence-electron chi connectivity index (χ1n) is 14.9. The number of aromatic nitrogens is 2. The average molecular weight is 498 g/mol. The molecule has 1 aromatic heterocycles. The van der Waals surface area contributed by atoms with Gasteiger partial charge in [-0.05, 0) is 119 Å². The molecule has 200 valence electrons. The lowest BCUT2D eigenvalue weighted by Gasteiger charge is -2.64. The van der Waals surface area contributed by atoms with E-state index in [-0.39, 0.29) is 11.3 Å². The van der Waals surface area contributed by atoms with Crippen LogP contribution < -0.4 is 0 Å². The molecule has 0 amide bonds. The summed E-state index contributed by atoms with van der Waals surface area (Å²) in [7, 11) is 0. The fourth-order valence-corrected chi connectivity index (χ4v) is 9.90. The van der Waals surface area contributed by atoms with Gasteiger partial charge in [-0.15, -0.1) is 0 Å². The van der Waals surface area contributed by atoms with Gasteiger partial charge in [-0.1, -0.05) is 13.8 Å². The smallest absolute Gasteiger partial charge is 0.0994 e. The molecule has 6 rings (SSSR count). The third kappa shape index (κ3) is 3.72. The number of hydrogen-bond donors (Lipinski definition) is 2. The highest BCUT2D eigenvalue weighted by atomic mass is 16.5. The van der Waals surface area contributed by atoms with E-state index in [9.17, 15) is 10.2 Å². The maximum Gasteiger partial charge on any atom is 0.0994 e. The van der Waals surface area contributed by atoms with Crippen LogP contribution in [0.1, 0.15) is 96.5 Å². The number of aliphatic hydroxyl groups is 2. The Hall–Kier alpha value is -1.08. The molecule has 4 saturated carbocycles. The first-order chi connectivity index (χ1) is 17.3. The van der Waals surface area contributed by atoms with Crippen molar-refractivity contribution in [3.63, 3.8) is 0 Å². The van der Waals surface area contributed by atoms with Crippen molar-refractivity contribution in [2.45, 2.75) is 108 Å². The Labute approximate surface area is 217 Å². The Balaban J connectivity index is 1.13. The summed E-state index contributed by atoms with van der Waals surface area (Å²) >= 11 is 0. The molecular weight excluding hydrogens is 450 g/mol. The normalized spacial score (nSPS) is 46.8. The van der Waals surface area contributed by atoms with Gasteiger partial charge in [0.25, 0.3) is 0 Å². The molecule has 2 N–H and O–H groups in total. The van der Waals surface area contributed by atoms with E-state index in [0.717, 1.165) is 44.3 Å². The molecular formula is C30H47N3O3. The van der Waals surface area contributed by atoms with Gasteiger partial charge < -0.3 is 19.8 Å². The van der Waals surface area contributed by atoms with E-state index in [1.165, 1.54) is 51.7 Å². The maximum atomic E-state index is 12.4. The molecule has 0 bridgehead atoms. The minimum absolute atomic E-state index is 0.263. The molecule has 5 aliphatic rings. The van der Waals surface area contributed by atoms with Crippen molar-refractivity contribution in [2.75, 3.05) is 26.2 Å². The fraction of sp³-hybridized carbons (Fsp3) is 0.867. The molecule has 1 saturated heterocycles. The van der Waals surface area contributed by atoms with Crippen molar-refractivity contribution in [1.82, 2.24) is 15.1 Å². The Morgan fingerprint density at radius 2 is 1.81 bits per heavy atom. The summed E-state index contributed by atoms with van der Waals surface area (Å²) in [6.07, 6.45) is 16.7. The number of hydrogen-bond acceptors (Lipinski definition) is 6. The molecule has 0 spiro atoms. The minimum atomic E-state index is -1.04. The van der Waals surface area contributed by atoms with E-state index in [0.29, 0.717) is 30.8 Å². The van der Waals surface area contributed by atoms with E-state index in [1.807, 2.05) is 6.07 Å². The summed E-state index contributed by atoms with van der Waals surface area (Å²) < 4.78 is 6.43. The molecule has 4 aliphatic carbocycles. The monoisotopic (exact) mass is 497 g/mol. The van der Waals surface area contributed by atoms with Crippen molar-refractivity contribution in [2.24, 2.45) is 28.6 Å². The first kappa shape index (κ1) is 25.2. The van der Waals surface area contributed by atoms with Crippen LogP contribution in [-0.4, -0.2) is 63.3 Å². The van der Waals surface area contributed by atoms with Gasteiger partial charge >= 0.3 is 0 Å². The number of nitrogens with zero attached hydrogens (tertiary/aromatic N) is 3. The second-order valence-corrected chi connectivity index (χ2v) is 13.4. The predicted molar refractivity (Wildman–Crippen MR) is 139 cm³/mol. The molecule has 36 heavy (non-hydrogen) atoms. The number of rotatable bonds is 6. The van der Waals surface area contributed by atoms with Crippen LogP contribution >= 0.6 is 0 Å². The quantitative estimate of drug-likeness (QED) is 0.555. The van der Waals surface area contributed by atoms with Crippen LogP contribution in [0.15, 0.2) is 18.5 Å². The van der Waals surface area contributed by atoms with Crippen molar-refractivity contribution in [3.8, 4) is 0 Å². The Bertz CT molecular complexity index is 925. The zero-order valence-corrected chi connectivity index (χ0v) is 22.5. The average Bonchev–Trinajstić information content (AvgIpc) is 3.48. The molecule has 2 unspecified atom stereocenters. The van der Waals surface area contributed by atoms with E-state index in [2.05, 4.69) is 28.9 Å². The van der Waals surface area contributed by atoms with Gasteiger partial charge in [0.1, 0.15) is 0 Å². The molecule has 5 fully saturated rings. The van der Waals surface area contributed by atoms with E-state index in [4.69, 9.17) is 4.74 Å². The molecule has 6 nitrogen and oxygen atoms in total. The molecule has 1 aliphatic heterocycles.